The van der Waals surface area contributed by atoms with Crippen molar-refractivity contribution in [3.05, 3.63) is 29.6 Å². The number of nitrogens with zero attached hydrogens (tertiary/aromatic N) is 1. The third-order valence-electron chi connectivity index (χ3n) is 4.65. The summed E-state index contributed by atoms with van der Waals surface area (Å²) in [6, 6.07) is 6.81. The van der Waals surface area contributed by atoms with Crippen LogP contribution in [0.5, 0.6) is 0 Å². The number of halogens is 1. The topological polar surface area (TPSA) is 15.3 Å². The van der Waals surface area contributed by atoms with Gasteiger partial charge in [-0.05, 0) is 63.1 Å². The molecule has 2 aliphatic rings. The molecule has 3 rings (SSSR count). The lowest BCUT2D eigenvalue weighted by Gasteiger charge is -2.35. The first kappa shape index (κ1) is 13.9. The van der Waals surface area contributed by atoms with Crippen LogP contribution in [0.1, 0.15) is 51.0 Å². The van der Waals surface area contributed by atoms with E-state index in [1.54, 1.807) is 6.07 Å². The fourth-order valence-corrected chi connectivity index (χ4v) is 3.14. The van der Waals surface area contributed by atoms with Crippen molar-refractivity contribution in [2.75, 3.05) is 18.4 Å². The molecule has 1 saturated carbocycles. The summed E-state index contributed by atoms with van der Waals surface area (Å²) in [5.74, 6) is 0.454. The molecule has 1 saturated heterocycles. The Bertz CT molecular complexity index is 460. The van der Waals surface area contributed by atoms with Crippen LogP contribution < -0.4 is 5.32 Å². The average Bonchev–Trinajstić information content (AvgIpc) is 3.24. The Hall–Kier alpha value is -1.09. The second-order valence-corrected chi connectivity index (χ2v) is 6.56. The van der Waals surface area contributed by atoms with Gasteiger partial charge in [0, 0.05) is 30.9 Å². The normalized spacial score (nSPS) is 21.4. The van der Waals surface area contributed by atoms with Crippen molar-refractivity contribution in [3.8, 4) is 0 Å². The van der Waals surface area contributed by atoms with Crippen molar-refractivity contribution in [2.24, 2.45) is 0 Å². The second kappa shape index (κ2) is 5.72. The molecule has 1 aromatic rings. The Balaban J connectivity index is 1.57. The third kappa shape index (κ3) is 3.14. The Morgan fingerprint density at radius 1 is 1.15 bits per heavy atom. The number of benzene rings is 1. The van der Waals surface area contributed by atoms with Gasteiger partial charge in [-0.2, -0.15) is 0 Å². The van der Waals surface area contributed by atoms with E-state index < -0.39 is 0 Å². The van der Waals surface area contributed by atoms with Crippen molar-refractivity contribution < 1.29 is 4.39 Å². The molecule has 20 heavy (non-hydrogen) atoms. The Morgan fingerprint density at radius 2 is 1.85 bits per heavy atom. The van der Waals surface area contributed by atoms with E-state index in [0.717, 1.165) is 50.0 Å². The van der Waals surface area contributed by atoms with Crippen molar-refractivity contribution >= 4 is 5.69 Å². The summed E-state index contributed by atoms with van der Waals surface area (Å²) in [6.45, 7) is 6.77. The van der Waals surface area contributed by atoms with E-state index in [2.05, 4.69) is 24.1 Å². The minimum absolute atomic E-state index is 0.0304. The first-order valence-electron chi connectivity index (χ1n) is 7.93. The predicted molar refractivity (Wildman–Crippen MR) is 81.7 cm³/mol. The average molecular weight is 276 g/mol. The van der Waals surface area contributed by atoms with Gasteiger partial charge in [0.05, 0.1) is 0 Å². The van der Waals surface area contributed by atoms with E-state index in [1.165, 1.54) is 0 Å². The third-order valence-corrected chi connectivity index (χ3v) is 4.65. The molecule has 2 nitrogen and oxygen atoms in total. The molecule has 1 N–H and O–H groups in total. The standard InChI is InChI=1S/C17H25FN2/c1-12(2)20-9-7-14(8-10-20)19-15-5-6-16(13-3-4-13)17(18)11-15/h5-6,11-14,19H,3-4,7-10H2,1-2H3. The maximum absolute atomic E-state index is 14.0. The Kier molecular flexibility index (Phi) is 3.97. The van der Waals surface area contributed by atoms with Gasteiger partial charge in [-0.1, -0.05) is 6.07 Å². The molecule has 0 spiro atoms. The zero-order valence-corrected chi connectivity index (χ0v) is 12.5. The van der Waals surface area contributed by atoms with E-state index in [0.29, 0.717) is 18.0 Å². The molecule has 2 fully saturated rings. The van der Waals surface area contributed by atoms with E-state index in [9.17, 15) is 4.39 Å². The number of hydrogen-bond acceptors (Lipinski definition) is 2. The van der Waals surface area contributed by atoms with Crippen molar-refractivity contribution in [3.63, 3.8) is 0 Å². The fraction of sp³-hybridized carbons (Fsp3) is 0.647. The number of hydrogen-bond donors (Lipinski definition) is 1. The molecule has 1 heterocycles. The molecule has 1 aromatic carbocycles. The second-order valence-electron chi connectivity index (χ2n) is 6.56. The van der Waals surface area contributed by atoms with Gasteiger partial charge < -0.3 is 10.2 Å². The van der Waals surface area contributed by atoms with E-state index in [4.69, 9.17) is 0 Å². The van der Waals surface area contributed by atoms with Gasteiger partial charge in [0.1, 0.15) is 5.82 Å². The predicted octanol–water partition coefficient (Wildman–Crippen LogP) is 3.99. The van der Waals surface area contributed by atoms with Gasteiger partial charge in [-0.25, -0.2) is 4.39 Å². The molecule has 1 aliphatic carbocycles. The molecule has 0 unspecified atom stereocenters. The lowest BCUT2D eigenvalue weighted by atomic mass is 10.0. The zero-order valence-electron chi connectivity index (χ0n) is 12.5. The molecule has 0 bridgehead atoms. The molecule has 0 aromatic heterocycles. The Labute approximate surface area is 121 Å². The van der Waals surface area contributed by atoms with Crippen molar-refractivity contribution in [1.82, 2.24) is 4.90 Å². The largest absolute Gasteiger partial charge is 0.382 e. The minimum Gasteiger partial charge on any atom is -0.382 e. The maximum Gasteiger partial charge on any atom is 0.128 e. The molecular formula is C17H25FN2. The number of nitrogens with one attached hydrogen (secondary N) is 1. The molecule has 0 radical (unpaired) electrons. The summed E-state index contributed by atoms with van der Waals surface area (Å²) < 4.78 is 14.0. The van der Waals surface area contributed by atoms with Gasteiger partial charge >= 0.3 is 0 Å². The highest BCUT2D eigenvalue weighted by molar-refractivity contribution is 5.47. The summed E-state index contributed by atoms with van der Waals surface area (Å²) in [6.07, 6.45) is 4.59. The highest BCUT2D eigenvalue weighted by atomic mass is 19.1. The van der Waals surface area contributed by atoms with Crippen LogP contribution in [0, 0.1) is 5.82 Å². The van der Waals surface area contributed by atoms with Gasteiger partial charge in [0.15, 0.2) is 0 Å². The van der Waals surface area contributed by atoms with Gasteiger partial charge in [0.2, 0.25) is 0 Å². The SMILES string of the molecule is CC(C)N1CCC(Nc2ccc(C3CC3)c(F)c2)CC1. The van der Waals surface area contributed by atoms with Crippen LogP contribution in [0.3, 0.4) is 0 Å². The Morgan fingerprint density at radius 3 is 2.40 bits per heavy atom. The highest BCUT2D eigenvalue weighted by Gasteiger charge is 2.26. The molecule has 0 atom stereocenters. The van der Waals surface area contributed by atoms with E-state index in [1.807, 2.05) is 12.1 Å². The smallest absolute Gasteiger partial charge is 0.128 e. The molecule has 1 aliphatic heterocycles. The summed E-state index contributed by atoms with van der Waals surface area (Å²) >= 11 is 0. The van der Waals surface area contributed by atoms with Gasteiger partial charge in [-0.3, -0.25) is 0 Å². The van der Waals surface area contributed by atoms with Crippen LogP contribution in [0.4, 0.5) is 10.1 Å². The molecule has 3 heteroatoms. The summed E-state index contributed by atoms with van der Waals surface area (Å²) in [5.41, 5.74) is 1.85. The van der Waals surface area contributed by atoms with E-state index in [-0.39, 0.29) is 5.82 Å². The summed E-state index contributed by atoms with van der Waals surface area (Å²) in [4.78, 5) is 2.51. The van der Waals surface area contributed by atoms with Crippen molar-refractivity contribution in [2.45, 2.75) is 57.5 Å². The van der Waals surface area contributed by atoms with Crippen LogP contribution in [-0.2, 0) is 0 Å². The quantitative estimate of drug-likeness (QED) is 0.894. The molecule has 110 valence electrons. The number of likely N-dealkylation sites (tertiary alicyclic amines) is 1. The van der Waals surface area contributed by atoms with Crippen LogP contribution in [0.15, 0.2) is 18.2 Å². The van der Waals surface area contributed by atoms with Gasteiger partial charge in [-0.15, -0.1) is 0 Å². The lowest BCUT2D eigenvalue weighted by molar-refractivity contribution is 0.177. The summed E-state index contributed by atoms with van der Waals surface area (Å²) in [5, 5.41) is 3.50. The van der Waals surface area contributed by atoms with Crippen LogP contribution >= 0.6 is 0 Å². The fourth-order valence-electron chi connectivity index (χ4n) is 3.14. The van der Waals surface area contributed by atoms with Gasteiger partial charge in [0.25, 0.3) is 0 Å². The first-order chi connectivity index (χ1) is 9.63. The maximum atomic E-state index is 14.0. The summed E-state index contributed by atoms with van der Waals surface area (Å²) in [7, 11) is 0. The van der Waals surface area contributed by atoms with Crippen LogP contribution in [0.25, 0.3) is 0 Å². The zero-order chi connectivity index (χ0) is 14.1. The number of rotatable bonds is 4. The first-order valence-corrected chi connectivity index (χ1v) is 7.93. The minimum atomic E-state index is -0.0304. The monoisotopic (exact) mass is 276 g/mol. The molecular weight excluding hydrogens is 251 g/mol. The molecule has 0 amide bonds. The lowest BCUT2D eigenvalue weighted by Crippen LogP contribution is -2.42. The highest BCUT2D eigenvalue weighted by Crippen LogP contribution is 2.41. The van der Waals surface area contributed by atoms with Crippen LogP contribution in [0.2, 0.25) is 0 Å². The van der Waals surface area contributed by atoms with Crippen LogP contribution in [-0.4, -0.2) is 30.1 Å². The van der Waals surface area contributed by atoms with Crippen molar-refractivity contribution in [1.29, 1.82) is 0 Å². The number of anilines is 1. The number of piperidine rings is 1. The van der Waals surface area contributed by atoms with E-state index >= 15 is 0 Å².